The summed E-state index contributed by atoms with van der Waals surface area (Å²) in [6, 6.07) is 8.89. The Morgan fingerprint density at radius 3 is 2.67 bits per heavy atom. The van der Waals surface area contributed by atoms with E-state index in [4.69, 9.17) is 5.73 Å². The molecule has 1 saturated carbocycles. The van der Waals surface area contributed by atoms with Crippen LogP contribution in [0.5, 0.6) is 0 Å². The molecule has 2 N–H and O–H groups in total. The summed E-state index contributed by atoms with van der Waals surface area (Å²) in [7, 11) is 0. The molecule has 0 spiro atoms. The van der Waals surface area contributed by atoms with Gasteiger partial charge in [0.15, 0.2) is 0 Å². The smallest absolute Gasteiger partial charge is 0.0415 e. The molecule has 1 heteroatoms. The lowest BCUT2D eigenvalue weighted by atomic mass is 9.69. The van der Waals surface area contributed by atoms with Crippen LogP contribution in [0.2, 0.25) is 0 Å². The molecule has 1 nitrogen and oxygen atoms in total. The highest BCUT2D eigenvalue weighted by molar-refractivity contribution is 5.38. The van der Waals surface area contributed by atoms with Gasteiger partial charge < -0.3 is 5.73 Å². The van der Waals surface area contributed by atoms with Gasteiger partial charge in [-0.15, -0.1) is 0 Å². The fraction of sp³-hybridized carbons (Fsp3) is 0.647. The van der Waals surface area contributed by atoms with Crippen molar-refractivity contribution < 1.29 is 0 Å². The molecule has 0 aliphatic heterocycles. The number of hydrogen-bond acceptors (Lipinski definition) is 1. The first kappa shape index (κ1) is 12.2. The van der Waals surface area contributed by atoms with Crippen molar-refractivity contribution in [2.24, 2.45) is 11.7 Å². The second-order valence-corrected chi connectivity index (χ2v) is 6.54. The Hall–Kier alpha value is -0.820. The van der Waals surface area contributed by atoms with Crippen molar-refractivity contribution in [1.82, 2.24) is 0 Å². The van der Waals surface area contributed by atoms with Gasteiger partial charge in [-0.25, -0.2) is 0 Å². The minimum absolute atomic E-state index is 0.0435. The van der Waals surface area contributed by atoms with Crippen molar-refractivity contribution in [1.29, 1.82) is 0 Å². The molecule has 1 aromatic carbocycles. The number of fused-ring (bicyclic) bond motifs is 1. The summed E-state index contributed by atoms with van der Waals surface area (Å²) in [5, 5.41) is 0. The monoisotopic (exact) mass is 243 g/mol. The fourth-order valence-electron chi connectivity index (χ4n) is 4.09. The average molecular weight is 243 g/mol. The minimum atomic E-state index is -0.0435. The van der Waals surface area contributed by atoms with Crippen molar-refractivity contribution in [3.63, 3.8) is 0 Å². The Kier molecular flexibility index (Phi) is 3.19. The minimum Gasteiger partial charge on any atom is -0.321 e. The molecule has 0 bridgehead atoms. The van der Waals surface area contributed by atoms with Crippen LogP contribution in [0.3, 0.4) is 0 Å². The van der Waals surface area contributed by atoms with Crippen molar-refractivity contribution in [2.45, 2.75) is 63.3 Å². The van der Waals surface area contributed by atoms with E-state index in [9.17, 15) is 0 Å². The molecule has 0 heterocycles. The Morgan fingerprint density at radius 1 is 1.17 bits per heavy atom. The van der Waals surface area contributed by atoms with E-state index in [0.717, 1.165) is 5.92 Å². The van der Waals surface area contributed by atoms with E-state index in [2.05, 4.69) is 31.2 Å². The van der Waals surface area contributed by atoms with E-state index in [0.29, 0.717) is 5.92 Å². The van der Waals surface area contributed by atoms with Crippen LogP contribution in [0.15, 0.2) is 24.3 Å². The first-order valence-corrected chi connectivity index (χ1v) is 7.57. The van der Waals surface area contributed by atoms with Crippen LogP contribution in [-0.2, 0) is 5.54 Å². The molecular weight excluding hydrogens is 218 g/mol. The van der Waals surface area contributed by atoms with E-state index in [-0.39, 0.29) is 5.54 Å². The highest BCUT2D eigenvalue weighted by Crippen LogP contribution is 2.45. The third kappa shape index (κ3) is 2.09. The number of nitrogens with two attached hydrogens (primary N) is 1. The zero-order valence-corrected chi connectivity index (χ0v) is 11.5. The van der Waals surface area contributed by atoms with Gasteiger partial charge in [0.05, 0.1) is 0 Å². The molecular formula is C17H25N. The molecule has 18 heavy (non-hydrogen) atoms. The van der Waals surface area contributed by atoms with E-state index >= 15 is 0 Å². The topological polar surface area (TPSA) is 26.0 Å². The normalized spacial score (nSPS) is 32.4. The van der Waals surface area contributed by atoms with E-state index < -0.39 is 0 Å². The molecule has 2 unspecified atom stereocenters. The van der Waals surface area contributed by atoms with E-state index in [1.165, 1.54) is 56.1 Å². The van der Waals surface area contributed by atoms with Crippen LogP contribution in [0.1, 0.15) is 68.9 Å². The van der Waals surface area contributed by atoms with Gasteiger partial charge in [-0.05, 0) is 42.2 Å². The summed E-state index contributed by atoms with van der Waals surface area (Å²) in [5.74, 6) is 1.55. The summed E-state index contributed by atoms with van der Waals surface area (Å²) in [6.07, 6.45) is 9.25. The highest BCUT2D eigenvalue weighted by atomic mass is 14.8. The fourth-order valence-corrected chi connectivity index (χ4v) is 4.09. The zero-order valence-electron chi connectivity index (χ0n) is 11.5. The van der Waals surface area contributed by atoms with Crippen LogP contribution >= 0.6 is 0 Å². The van der Waals surface area contributed by atoms with Crippen LogP contribution in [0, 0.1) is 5.92 Å². The first-order valence-electron chi connectivity index (χ1n) is 7.57. The predicted octanol–water partition coefficient (Wildman–Crippen LogP) is 4.32. The van der Waals surface area contributed by atoms with Crippen molar-refractivity contribution in [2.75, 3.05) is 0 Å². The van der Waals surface area contributed by atoms with Gasteiger partial charge in [-0.3, -0.25) is 0 Å². The number of benzene rings is 1. The van der Waals surface area contributed by atoms with Crippen molar-refractivity contribution in [3.8, 4) is 0 Å². The van der Waals surface area contributed by atoms with Crippen LogP contribution in [0.4, 0.5) is 0 Å². The van der Waals surface area contributed by atoms with Crippen molar-refractivity contribution >= 4 is 0 Å². The maximum atomic E-state index is 6.81. The lowest BCUT2D eigenvalue weighted by molar-refractivity contribution is 0.274. The lowest BCUT2D eigenvalue weighted by Crippen LogP contribution is -2.42. The van der Waals surface area contributed by atoms with Crippen LogP contribution in [0.25, 0.3) is 0 Å². The lowest BCUT2D eigenvalue weighted by Gasteiger charge is -2.40. The Bertz CT molecular complexity index is 419. The van der Waals surface area contributed by atoms with Gasteiger partial charge in [-0.1, -0.05) is 56.9 Å². The Balaban J connectivity index is 1.90. The van der Waals surface area contributed by atoms with Gasteiger partial charge in [0, 0.05) is 5.54 Å². The molecule has 0 radical (unpaired) electrons. The summed E-state index contributed by atoms with van der Waals surface area (Å²) < 4.78 is 0. The van der Waals surface area contributed by atoms with Gasteiger partial charge in [0.1, 0.15) is 0 Å². The highest BCUT2D eigenvalue weighted by Gasteiger charge is 2.37. The molecule has 3 rings (SSSR count). The molecule has 0 saturated heterocycles. The molecule has 98 valence electrons. The number of hydrogen-bond donors (Lipinski definition) is 1. The zero-order chi connectivity index (χ0) is 12.6. The molecule has 0 aromatic heterocycles. The SMILES string of the molecule is CC1CCC(N)(CC2CCCC2)c2ccccc21. The first-order chi connectivity index (χ1) is 8.69. The van der Waals surface area contributed by atoms with E-state index in [1.807, 2.05) is 0 Å². The largest absolute Gasteiger partial charge is 0.321 e. The molecule has 2 atom stereocenters. The molecule has 1 aromatic rings. The predicted molar refractivity (Wildman–Crippen MR) is 76.5 cm³/mol. The van der Waals surface area contributed by atoms with Crippen LogP contribution in [-0.4, -0.2) is 0 Å². The van der Waals surface area contributed by atoms with Gasteiger partial charge in [0.25, 0.3) is 0 Å². The Morgan fingerprint density at radius 2 is 1.89 bits per heavy atom. The molecule has 2 aliphatic rings. The number of rotatable bonds is 2. The maximum Gasteiger partial charge on any atom is 0.0415 e. The molecule has 2 aliphatic carbocycles. The molecule has 1 fully saturated rings. The van der Waals surface area contributed by atoms with Gasteiger partial charge >= 0.3 is 0 Å². The quantitative estimate of drug-likeness (QED) is 0.822. The van der Waals surface area contributed by atoms with Crippen molar-refractivity contribution in [3.05, 3.63) is 35.4 Å². The summed E-state index contributed by atoms with van der Waals surface area (Å²) >= 11 is 0. The van der Waals surface area contributed by atoms with E-state index in [1.54, 1.807) is 0 Å². The summed E-state index contributed by atoms with van der Waals surface area (Å²) in [4.78, 5) is 0. The third-order valence-corrected chi connectivity index (χ3v) is 5.18. The second-order valence-electron chi connectivity index (χ2n) is 6.54. The Labute approximate surface area is 111 Å². The third-order valence-electron chi connectivity index (χ3n) is 5.18. The van der Waals surface area contributed by atoms with Gasteiger partial charge in [-0.2, -0.15) is 0 Å². The van der Waals surface area contributed by atoms with Gasteiger partial charge in [0.2, 0.25) is 0 Å². The summed E-state index contributed by atoms with van der Waals surface area (Å²) in [6.45, 7) is 2.34. The standard InChI is InChI=1S/C17H25N/c1-13-10-11-17(18,12-14-6-2-3-7-14)16-9-5-4-8-15(13)16/h4-5,8-9,13-14H,2-3,6-7,10-12,18H2,1H3. The second kappa shape index (κ2) is 4.70. The maximum absolute atomic E-state index is 6.81. The average Bonchev–Trinajstić information content (AvgIpc) is 2.87. The summed E-state index contributed by atoms with van der Waals surface area (Å²) in [5.41, 5.74) is 9.71. The van der Waals surface area contributed by atoms with Crippen LogP contribution < -0.4 is 5.73 Å². The molecule has 0 amide bonds.